The Kier molecular flexibility index (Phi) is 8.18. The first-order chi connectivity index (χ1) is 16.5. The van der Waals surface area contributed by atoms with Gasteiger partial charge in [-0.15, -0.1) is 0 Å². The number of carbonyl (C=O) groups is 2. The highest BCUT2D eigenvalue weighted by atomic mass is 35.5. The van der Waals surface area contributed by atoms with Crippen molar-refractivity contribution in [1.29, 1.82) is 0 Å². The normalized spacial score (nSPS) is 14.7. The Morgan fingerprint density at radius 3 is 2.49 bits per heavy atom. The molecule has 0 aliphatic heterocycles. The summed E-state index contributed by atoms with van der Waals surface area (Å²) in [4.78, 5) is 35.0. The summed E-state index contributed by atoms with van der Waals surface area (Å²) in [6.45, 7) is 1.41. The van der Waals surface area contributed by atoms with E-state index in [-0.39, 0.29) is 38.6 Å². The number of hydrogen-bond donors (Lipinski definition) is 2. The third kappa shape index (κ3) is 6.40. The van der Waals surface area contributed by atoms with Crippen LogP contribution in [0.25, 0.3) is 0 Å². The number of nitrogens with zero attached hydrogens (tertiary/aromatic N) is 1. The molecule has 0 radical (unpaired) electrons. The molecule has 188 valence electrons. The number of non-ortho nitro benzene ring substituents is 1. The summed E-state index contributed by atoms with van der Waals surface area (Å²) in [6, 6.07) is 6.81. The number of rotatable bonds is 9. The Balaban J connectivity index is 1.80. The summed E-state index contributed by atoms with van der Waals surface area (Å²) in [5, 5.41) is 13.8. The van der Waals surface area contributed by atoms with Gasteiger partial charge in [0, 0.05) is 18.2 Å². The molecule has 0 saturated heterocycles. The summed E-state index contributed by atoms with van der Waals surface area (Å²) in [5.74, 6) is -1.38. The molecular formula is C22H24ClN3O8S. The molecule has 1 amide bonds. The van der Waals surface area contributed by atoms with Crippen LogP contribution in [0.2, 0.25) is 5.02 Å². The maximum atomic E-state index is 13.0. The smallest absolute Gasteiger partial charge is 0.340 e. The van der Waals surface area contributed by atoms with Crippen molar-refractivity contribution in [3.05, 3.63) is 57.1 Å². The van der Waals surface area contributed by atoms with Gasteiger partial charge in [0.15, 0.2) is 6.10 Å². The molecule has 13 heteroatoms. The van der Waals surface area contributed by atoms with Gasteiger partial charge in [0.25, 0.3) is 21.6 Å². The average molecular weight is 526 g/mol. The fraction of sp³-hybridized carbons (Fsp3) is 0.364. The molecule has 2 aromatic rings. The molecule has 1 aliphatic carbocycles. The number of nitrogens with one attached hydrogen (secondary N) is 2. The molecule has 1 aliphatic rings. The van der Waals surface area contributed by atoms with Crippen molar-refractivity contribution in [2.24, 2.45) is 0 Å². The van der Waals surface area contributed by atoms with Crippen LogP contribution in [0.5, 0.6) is 5.75 Å². The lowest BCUT2D eigenvalue weighted by Gasteiger charge is -2.17. The molecule has 0 spiro atoms. The summed E-state index contributed by atoms with van der Waals surface area (Å²) in [6.07, 6.45) is 2.64. The molecular weight excluding hydrogens is 502 g/mol. The number of methoxy groups -OCH3 is 1. The number of amides is 1. The number of benzene rings is 2. The minimum atomic E-state index is -4.32. The van der Waals surface area contributed by atoms with Crippen LogP contribution in [0.1, 0.15) is 43.0 Å². The molecule has 35 heavy (non-hydrogen) atoms. The van der Waals surface area contributed by atoms with E-state index >= 15 is 0 Å². The third-order valence-corrected chi connectivity index (χ3v) is 7.15. The van der Waals surface area contributed by atoms with Gasteiger partial charge >= 0.3 is 5.97 Å². The number of halogens is 1. The molecule has 1 saturated carbocycles. The molecule has 1 fully saturated rings. The third-order valence-electron chi connectivity index (χ3n) is 5.46. The van der Waals surface area contributed by atoms with Gasteiger partial charge in [-0.2, -0.15) is 0 Å². The number of carbonyl (C=O) groups excluding carboxylic acids is 2. The molecule has 0 aromatic heterocycles. The fourth-order valence-electron chi connectivity index (χ4n) is 3.59. The van der Waals surface area contributed by atoms with Crippen molar-refractivity contribution in [2.45, 2.75) is 49.6 Å². The topological polar surface area (TPSA) is 154 Å². The van der Waals surface area contributed by atoms with E-state index in [1.165, 1.54) is 26.2 Å². The second-order valence-corrected chi connectivity index (χ2v) is 10.0. The zero-order chi connectivity index (χ0) is 25.8. The Morgan fingerprint density at radius 1 is 1.17 bits per heavy atom. The number of ether oxygens (including phenoxy) is 2. The van der Waals surface area contributed by atoms with Gasteiger partial charge in [-0.3, -0.25) is 19.6 Å². The highest BCUT2D eigenvalue weighted by Crippen LogP contribution is 2.31. The summed E-state index contributed by atoms with van der Waals surface area (Å²) in [5.41, 5.74) is -0.784. The minimum absolute atomic E-state index is 0.0394. The van der Waals surface area contributed by atoms with Crippen LogP contribution < -0.4 is 14.8 Å². The highest BCUT2D eigenvalue weighted by molar-refractivity contribution is 7.92. The van der Waals surface area contributed by atoms with Crippen LogP contribution in [-0.4, -0.2) is 44.5 Å². The Labute approximate surface area is 206 Å². The Bertz CT molecular complexity index is 1250. The van der Waals surface area contributed by atoms with Gasteiger partial charge < -0.3 is 14.8 Å². The van der Waals surface area contributed by atoms with E-state index in [2.05, 4.69) is 10.0 Å². The van der Waals surface area contributed by atoms with Crippen LogP contribution in [0.4, 0.5) is 11.4 Å². The van der Waals surface area contributed by atoms with Crippen molar-refractivity contribution in [1.82, 2.24) is 5.32 Å². The summed E-state index contributed by atoms with van der Waals surface area (Å²) < 4.78 is 38.4. The maximum absolute atomic E-state index is 13.0. The molecule has 1 unspecified atom stereocenters. The van der Waals surface area contributed by atoms with Crippen LogP contribution in [-0.2, 0) is 19.6 Å². The standard InChI is InChI=1S/C22H24ClN3O8S/c1-13(21(27)24-14-5-3-4-6-14)34-22(28)17-12-16(8-9-18(17)23)35(31,32)25-19-11-15(26(29)30)7-10-20(19)33-2/h7-14,25H,3-6H2,1-2H3,(H,24,27). The zero-order valence-electron chi connectivity index (χ0n) is 18.9. The van der Waals surface area contributed by atoms with Gasteiger partial charge in [-0.1, -0.05) is 24.4 Å². The van der Waals surface area contributed by atoms with Gasteiger partial charge in [-0.25, -0.2) is 13.2 Å². The Morgan fingerprint density at radius 2 is 1.86 bits per heavy atom. The largest absolute Gasteiger partial charge is 0.495 e. The van der Waals surface area contributed by atoms with E-state index < -0.39 is 32.9 Å². The molecule has 11 nitrogen and oxygen atoms in total. The molecule has 0 bridgehead atoms. The number of nitro benzene ring substituents is 1. The van der Waals surface area contributed by atoms with E-state index in [4.69, 9.17) is 21.1 Å². The lowest BCUT2D eigenvalue weighted by atomic mass is 10.2. The van der Waals surface area contributed by atoms with Crippen molar-refractivity contribution in [3.63, 3.8) is 0 Å². The van der Waals surface area contributed by atoms with Gasteiger partial charge in [-0.05, 0) is 44.0 Å². The molecule has 2 N–H and O–H groups in total. The van der Waals surface area contributed by atoms with Crippen molar-refractivity contribution in [3.8, 4) is 5.75 Å². The first kappa shape index (κ1) is 26.2. The average Bonchev–Trinajstić information content (AvgIpc) is 3.31. The van der Waals surface area contributed by atoms with Crippen LogP contribution in [0.3, 0.4) is 0 Å². The monoisotopic (exact) mass is 525 g/mol. The van der Waals surface area contributed by atoms with Crippen LogP contribution in [0, 0.1) is 10.1 Å². The Hall–Kier alpha value is -3.38. The lowest BCUT2D eigenvalue weighted by Crippen LogP contribution is -2.40. The van der Waals surface area contributed by atoms with Crippen molar-refractivity contribution >= 4 is 44.9 Å². The molecule has 3 rings (SSSR count). The van der Waals surface area contributed by atoms with E-state index in [0.29, 0.717) is 0 Å². The van der Waals surface area contributed by atoms with Crippen molar-refractivity contribution < 1.29 is 32.4 Å². The van der Waals surface area contributed by atoms with Gasteiger partial charge in [0.05, 0.1) is 33.2 Å². The fourth-order valence-corrected chi connectivity index (χ4v) is 4.87. The number of nitro groups is 1. The summed E-state index contributed by atoms with van der Waals surface area (Å²) >= 11 is 6.09. The quantitative estimate of drug-likeness (QED) is 0.285. The van der Waals surface area contributed by atoms with E-state index in [1.807, 2.05) is 0 Å². The van der Waals surface area contributed by atoms with E-state index in [9.17, 15) is 28.1 Å². The van der Waals surface area contributed by atoms with E-state index in [1.54, 1.807) is 0 Å². The predicted molar refractivity (Wildman–Crippen MR) is 127 cm³/mol. The van der Waals surface area contributed by atoms with Crippen LogP contribution in [0.15, 0.2) is 41.3 Å². The second-order valence-electron chi connectivity index (χ2n) is 7.93. The molecule has 2 aromatic carbocycles. The minimum Gasteiger partial charge on any atom is -0.495 e. The zero-order valence-corrected chi connectivity index (χ0v) is 20.5. The van der Waals surface area contributed by atoms with Crippen molar-refractivity contribution in [2.75, 3.05) is 11.8 Å². The highest BCUT2D eigenvalue weighted by Gasteiger charge is 2.26. The van der Waals surface area contributed by atoms with Crippen LogP contribution >= 0.6 is 11.6 Å². The number of esters is 1. The number of anilines is 1. The first-order valence-corrected chi connectivity index (χ1v) is 12.5. The number of sulfonamides is 1. The summed E-state index contributed by atoms with van der Waals surface area (Å²) in [7, 11) is -3.04. The number of hydrogen-bond acceptors (Lipinski definition) is 8. The van der Waals surface area contributed by atoms with Gasteiger partial charge in [0.1, 0.15) is 5.75 Å². The first-order valence-electron chi connectivity index (χ1n) is 10.7. The molecule has 0 heterocycles. The van der Waals surface area contributed by atoms with Gasteiger partial charge in [0.2, 0.25) is 0 Å². The molecule has 1 atom stereocenters. The maximum Gasteiger partial charge on any atom is 0.340 e. The van der Waals surface area contributed by atoms with E-state index in [0.717, 1.165) is 49.9 Å². The lowest BCUT2D eigenvalue weighted by molar-refractivity contribution is -0.384. The predicted octanol–water partition coefficient (Wildman–Crippen LogP) is 3.66. The SMILES string of the molecule is COc1ccc([N+](=O)[O-])cc1NS(=O)(=O)c1ccc(Cl)c(C(=O)OC(C)C(=O)NC2CCCC2)c1. The second kappa shape index (κ2) is 10.9.